The van der Waals surface area contributed by atoms with E-state index in [4.69, 9.17) is 0 Å². The van der Waals surface area contributed by atoms with Crippen molar-refractivity contribution in [3.05, 3.63) is 57.9 Å². The molecule has 7 heteroatoms. The second-order valence-corrected chi connectivity index (χ2v) is 9.84. The zero-order chi connectivity index (χ0) is 18.0. The molecular formula is C18H20N2O2S3. The second-order valence-electron chi connectivity index (χ2n) is 5.99. The largest absolute Gasteiger partial charge is 0.241 e. The second kappa shape index (κ2) is 7.37. The van der Waals surface area contributed by atoms with Gasteiger partial charge in [-0.25, -0.2) is 18.1 Å². The number of aryl methyl sites for hydroxylation is 2. The number of hydrogen-bond acceptors (Lipinski definition) is 5. The molecule has 2 aromatic heterocycles. The molecule has 0 radical (unpaired) electrons. The zero-order valence-electron chi connectivity index (χ0n) is 14.3. The zero-order valence-corrected chi connectivity index (χ0v) is 16.8. The Kier molecular flexibility index (Phi) is 5.38. The van der Waals surface area contributed by atoms with Crippen molar-refractivity contribution in [3.63, 3.8) is 0 Å². The van der Waals surface area contributed by atoms with E-state index in [1.54, 1.807) is 6.07 Å². The maximum Gasteiger partial charge on any atom is 0.241 e. The van der Waals surface area contributed by atoms with Gasteiger partial charge in [0.1, 0.15) is 5.01 Å². The predicted octanol–water partition coefficient (Wildman–Crippen LogP) is 4.57. The Hall–Kier alpha value is -1.54. The molecule has 0 saturated heterocycles. The maximum absolute atomic E-state index is 12.7. The molecule has 0 aliphatic carbocycles. The van der Waals surface area contributed by atoms with Gasteiger partial charge < -0.3 is 0 Å². The van der Waals surface area contributed by atoms with E-state index in [1.807, 2.05) is 56.5 Å². The van der Waals surface area contributed by atoms with Crippen LogP contribution in [-0.4, -0.2) is 19.9 Å². The van der Waals surface area contributed by atoms with Crippen LogP contribution in [0.5, 0.6) is 0 Å². The fourth-order valence-electron chi connectivity index (χ4n) is 2.52. The van der Waals surface area contributed by atoms with Crippen LogP contribution in [0.15, 0.2) is 46.7 Å². The molecule has 25 heavy (non-hydrogen) atoms. The lowest BCUT2D eigenvalue weighted by molar-refractivity contribution is 0.575. The summed E-state index contributed by atoms with van der Waals surface area (Å²) in [5, 5.41) is 2.84. The minimum Gasteiger partial charge on any atom is -0.241 e. The van der Waals surface area contributed by atoms with Crippen LogP contribution in [-0.2, 0) is 10.0 Å². The molecule has 0 spiro atoms. The third-order valence-corrected chi connectivity index (χ3v) is 7.80. The van der Waals surface area contributed by atoms with E-state index in [0.29, 0.717) is 11.4 Å². The van der Waals surface area contributed by atoms with Gasteiger partial charge in [-0.3, -0.25) is 0 Å². The van der Waals surface area contributed by atoms with Gasteiger partial charge in [-0.2, -0.15) is 0 Å². The molecule has 1 N–H and O–H groups in total. The van der Waals surface area contributed by atoms with E-state index < -0.39 is 10.0 Å². The van der Waals surface area contributed by atoms with Crippen molar-refractivity contribution in [1.29, 1.82) is 0 Å². The topological polar surface area (TPSA) is 59.1 Å². The summed E-state index contributed by atoms with van der Waals surface area (Å²) < 4.78 is 28.2. The van der Waals surface area contributed by atoms with Crippen LogP contribution in [0.1, 0.15) is 29.0 Å². The molecule has 1 aromatic carbocycles. The first-order chi connectivity index (χ1) is 11.9. The Bertz CT molecular complexity index is 959. The summed E-state index contributed by atoms with van der Waals surface area (Å²) in [5.41, 5.74) is 2.07. The number of nitrogens with one attached hydrogen (secondary N) is 1. The first-order valence-corrected chi connectivity index (χ1v) is 11.1. The fraction of sp³-hybridized carbons (Fsp3) is 0.278. The van der Waals surface area contributed by atoms with Crippen molar-refractivity contribution >= 4 is 32.7 Å². The molecular weight excluding hydrogens is 372 g/mol. The van der Waals surface area contributed by atoms with E-state index in [-0.39, 0.29) is 5.92 Å². The molecule has 0 bridgehead atoms. The van der Waals surface area contributed by atoms with Gasteiger partial charge in [0, 0.05) is 22.5 Å². The van der Waals surface area contributed by atoms with Gasteiger partial charge in [-0.05, 0) is 31.4 Å². The number of rotatable bonds is 6. The first kappa shape index (κ1) is 18.3. The quantitative estimate of drug-likeness (QED) is 0.668. The Balaban J connectivity index is 1.77. The smallest absolute Gasteiger partial charge is 0.241 e. The molecule has 0 fully saturated rings. The number of thiophene rings is 1. The van der Waals surface area contributed by atoms with E-state index >= 15 is 0 Å². The van der Waals surface area contributed by atoms with Gasteiger partial charge in [-0.15, -0.1) is 22.7 Å². The monoisotopic (exact) mass is 392 g/mol. The lowest BCUT2D eigenvalue weighted by Gasteiger charge is -2.13. The molecule has 1 atom stereocenters. The highest BCUT2D eigenvalue weighted by Gasteiger charge is 2.22. The van der Waals surface area contributed by atoms with Gasteiger partial charge in [0.15, 0.2) is 0 Å². The lowest BCUT2D eigenvalue weighted by Crippen LogP contribution is -2.27. The molecule has 0 saturated carbocycles. The third kappa shape index (κ3) is 4.17. The lowest BCUT2D eigenvalue weighted by atomic mass is 10.0. The highest BCUT2D eigenvalue weighted by atomic mass is 32.2. The highest BCUT2D eigenvalue weighted by molar-refractivity contribution is 7.89. The van der Waals surface area contributed by atoms with Crippen molar-refractivity contribution in [2.24, 2.45) is 0 Å². The molecule has 0 amide bonds. The number of thiazole rings is 1. The van der Waals surface area contributed by atoms with Gasteiger partial charge in [0.2, 0.25) is 10.0 Å². The summed E-state index contributed by atoms with van der Waals surface area (Å²) in [6.07, 6.45) is 0. The number of sulfonamides is 1. The number of nitrogens with zero attached hydrogens (tertiary/aromatic N) is 1. The van der Waals surface area contributed by atoms with E-state index in [2.05, 4.69) is 9.71 Å². The van der Waals surface area contributed by atoms with Crippen LogP contribution in [0.4, 0.5) is 0 Å². The molecule has 0 aliphatic rings. The minimum absolute atomic E-state index is 0.107. The van der Waals surface area contributed by atoms with Crippen LogP contribution in [0, 0.1) is 13.8 Å². The minimum atomic E-state index is -3.54. The van der Waals surface area contributed by atoms with Crippen LogP contribution < -0.4 is 4.72 Å². The molecule has 3 rings (SSSR count). The Morgan fingerprint density at radius 1 is 1.20 bits per heavy atom. The summed E-state index contributed by atoms with van der Waals surface area (Å²) in [6, 6.07) is 11.6. The highest BCUT2D eigenvalue weighted by Crippen LogP contribution is 2.35. The molecule has 4 nitrogen and oxygen atoms in total. The van der Waals surface area contributed by atoms with Gasteiger partial charge in [-0.1, -0.05) is 37.3 Å². The summed E-state index contributed by atoms with van der Waals surface area (Å²) in [7, 11) is -3.54. The predicted molar refractivity (Wildman–Crippen MR) is 105 cm³/mol. The first-order valence-electron chi connectivity index (χ1n) is 7.94. The van der Waals surface area contributed by atoms with Crippen molar-refractivity contribution in [3.8, 4) is 9.88 Å². The molecule has 0 aliphatic heterocycles. The van der Waals surface area contributed by atoms with Gasteiger partial charge >= 0.3 is 0 Å². The Labute approximate surface area is 156 Å². The number of hydrogen-bond donors (Lipinski definition) is 1. The van der Waals surface area contributed by atoms with E-state index in [1.165, 1.54) is 22.7 Å². The SMILES string of the molecule is Cc1csc(-c2cc(S(=O)(=O)NCC(C)c3ccccc3)c(C)s2)n1. The maximum atomic E-state index is 12.7. The number of aromatic nitrogens is 1. The van der Waals surface area contributed by atoms with Crippen molar-refractivity contribution in [1.82, 2.24) is 9.71 Å². The number of benzene rings is 1. The average Bonchev–Trinajstić information content (AvgIpc) is 3.19. The van der Waals surface area contributed by atoms with Crippen LogP contribution in [0.25, 0.3) is 9.88 Å². The Morgan fingerprint density at radius 2 is 1.92 bits per heavy atom. The fourth-order valence-corrected chi connectivity index (χ4v) is 6.10. The van der Waals surface area contributed by atoms with Gasteiger partial charge in [0.05, 0.1) is 9.77 Å². The van der Waals surface area contributed by atoms with Crippen LogP contribution >= 0.6 is 22.7 Å². The molecule has 2 heterocycles. The summed E-state index contributed by atoms with van der Waals surface area (Å²) in [6.45, 7) is 6.16. The van der Waals surface area contributed by atoms with Crippen molar-refractivity contribution < 1.29 is 8.42 Å². The normalized spacial score (nSPS) is 13.1. The van der Waals surface area contributed by atoms with Crippen molar-refractivity contribution in [2.45, 2.75) is 31.6 Å². The van der Waals surface area contributed by atoms with E-state index in [0.717, 1.165) is 26.0 Å². The van der Waals surface area contributed by atoms with Crippen LogP contribution in [0.3, 0.4) is 0 Å². The molecule has 1 unspecified atom stereocenters. The summed E-state index contributed by atoms with van der Waals surface area (Å²) >= 11 is 3.00. The summed E-state index contributed by atoms with van der Waals surface area (Å²) in [5.74, 6) is 0.107. The van der Waals surface area contributed by atoms with E-state index in [9.17, 15) is 8.42 Å². The van der Waals surface area contributed by atoms with Gasteiger partial charge in [0.25, 0.3) is 0 Å². The summed E-state index contributed by atoms with van der Waals surface area (Å²) in [4.78, 5) is 6.47. The van der Waals surface area contributed by atoms with Crippen LogP contribution in [0.2, 0.25) is 0 Å². The Morgan fingerprint density at radius 3 is 2.56 bits per heavy atom. The third-order valence-electron chi connectivity index (χ3n) is 3.94. The molecule has 132 valence electrons. The average molecular weight is 393 g/mol. The van der Waals surface area contributed by atoms with Crippen molar-refractivity contribution in [2.75, 3.05) is 6.54 Å². The molecule has 3 aromatic rings. The standard InChI is InChI=1S/C18H20N2O2S3/c1-12(15-7-5-4-6-8-15)10-19-25(21,22)17-9-16(24-14(17)3)18-20-13(2)11-23-18/h4-9,11-12,19H,10H2,1-3H3.